The molecule has 0 aliphatic rings. The molecule has 3 rings (SSSR count). The predicted octanol–water partition coefficient (Wildman–Crippen LogP) is 5.43. The highest BCUT2D eigenvalue weighted by molar-refractivity contribution is 9.10. The van der Waals surface area contributed by atoms with Gasteiger partial charge in [0.05, 0.1) is 0 Å². The molecule has 0 spiro atoms. The molecule has 2 nitrogen and oxygen atoms in total. The normalized spacial score (nSPS) is 12.7. The molecule has 0 aliphatic carbocycles. The van der Waals surface area contributed by atoms with Gasteiger partial charge in [0, 0.05) is 39.2 Å². The van der Waals surface area contributed by atoms with Crippen molar-refractivity contribution in [2.45, 2.75) is 19.5 Å². The zero-order valence-corrected chi connectivity index (χ0v) is 14.0. The summed E-state index contributed by atoms with van der Waals surface area (Å²) >= 11 is 9.47. The van der Waals surface area contributed by atoms with Gasteiger partial charge in [-0.15, -0.1) is 0 Å². The molecule has 0 fully saturated rings. The van der Waals surface area contributed by atoms with Gasteiger partial charge in [0.1, 0.15) is 0 Å². The van der Waals surface area contributed by atoms with Gasteiger partial charge in [0.2, 0.25) is 0 Å². The molecule has 0 aliphatic heterocycles. The molecule has 2 N–H and O–H groups in total. The van der Waals surface area contributed by atoms with Crippen LogP contribution in [0.15, 0.2) is 53.1 Å². The Labute approximate surface area is 137 Å². The van der Waals surface area contributed by atoms with Gasteiger partial charge in [-0.2, -0.15) is 0 Å². The Kier molecular flexibility index (Phi) is 4.34. The van der Waals surface area contributed by atoms with Gasteiger partial charge in [-0.25, -0.2) is 0 Å². The van der Waals surface area contributed by atoms with E-state index in [0.717, 1.165) is 21.6 Å². The SMILES string of the molecule is CC(NCc1c[nH]c2cc(Cl)ccc12)c1ccc(Br)cc1. The van der Waals surface area contributed by atoms with Gasteiger partial charge in [-0.05, 0) is 42.3 Å². The summed E-state index contributed by atoms with van der Waals surface area (Å²) in [5.74, 6) is 0. The summed E-state index contributed by atoms with van der Waals surface area (Å²) < 4.78 is 1.10. The molecule has 0 saturated carbocycles. The average molecular weight is 364 g/mol. The van der Waals surface area contributed by atoms with E-state index in [-0.39, 0.29) is 0 Å². The molecule has 0 amide bonds. The van der Waals surface area contributed by atoms with Crippen molar-refractivity contribution < 1.29 is 0 Å². The van der Waals surface area contributed by atoms with Crippen LogP contribution in [0.2, 0.25) is 5.02 Å². The molecule has 1 atom stereocenters. The number of rotatable bonds is 4. The summed E-state index contributed by atoms with van der Waals surface area (Å²) in [6, 6.07) is 14.7. The highest BCUT2D eigenvalue weighted by atomic mass is 79.9. The Morgan fingerprint density at radius 2 is 1.95 bits per heavy atom. The number of fused-ring (bicyclic) bond motifs is 1. The van der Waals surface area contributed by atoms with Crippen LogP contribution in [-0.2, 0) is 6.54 Å². The fraction of sp³-hybridized carbons (Fsp3) is 0.176. The molecule has 4 heteroatoms. The zero-order valence-electron chi connectivity index (χ0n) is 11.7. The standard InChI is InChI=1S/C17H16BrClN2/c1-11(12-2-4-14(18)5-3-12)20-9-13-10-21-17-8-15(19)6-7-16(13)17/h2-8,10-11,20-21H,9H2,1H3. The molecule has 0 bridgehead atoms. The van der Waals surface area contributed by atoms with Crippen LogP contribution in [0, 0.1) is 0 Å². The summed E-state index contributed by atoms with van der Waals surface area (Å²) in [5.41, 5.74) is 3.61. The lowest BCUT2D eigenvalue weighted by atomic mass is 10.1. The van der Waals surface area contributed by atoms with Gasteiger partial charge < -0.3 is 10.3 Å². The maximum atomic E-state index is 6.01. The van der Waals surface area contributed by atoms with Crippen molar-refractivity contribution in [2.75, 3.05) is 0 Å². The first kappa shape index (κ1) is 14.6. The van der Waals surface area contributed by atoms with E-state index in [9.17, 15) is 0 Å². The first-order valence-corrected chi connectivity index (χ1v) is 8.05. The first-order chi connectivity index (χ1) is 10.1. The Morgan fingerprint density at radius 1 is 1.19 bits per heavy atom. The molecule has 1 unspecified atom stereocenters. The third-order valence-electron chi connectivity index (χ3n) is 3.70. The quantitative estimate of drug-likeness (QED) is 0.635. The fourth-order valence-corrected chi connectivity index (χ4v) is 2.87. The Balaban J connectivity index is 1.72. The van der Waals surface area contributed by atoms with E-state index in [1.807, 2.05) is 18.3 Å². The summed E-state index contributed by atoms with van der Waals surface area (Å²) in [5, 5.41) is 5.53. The maximum absolute atomic E-state index is 6.01. The van der Waals surface area contributed by atoms with Crippen LogP contribution < -0.4 is 5.32 Å². The lowest BCUT2D eigenvalue weighted by molar-refractivity contribution is 0.576. The third-order valence-corrected chi connectivity index (χ3v) is 4.46. The number of hydrogen-bond acceptors (Lipinski definition) is 1. The van der Waals surface area contributed by atoms with E-state index >= 15 is 0 Å². The highest BCUT2D eigenvalue weighted by Crippen LogP contribution is 2.23. The minimum Gasteiger partial charge on any atom is -0.361 e. The van der Waals surface area contributed by atoms with Crippen molar-refractivity contribution in [3.05, 3.63) is 69.3 Å². The van der Waals surface area contributed by atoms with Crippen molar-refractivity contribution in [3.63, 3.8) is 0 Å². The first-order valence-electron chi connectivity index (χ1n) is 6.88. The topological polar surface area (TPSA) is 27.8 Å². The fourth-order valence-electron chi connectivity index (χ4n) is 2.44. The average Bonchev–Trinajstić information content (AvgIpc) is 2.87. The van der Waals surface area contributed by atoms with Gasteiger partial charge in [0.15, 0.2) is 0 Å². The molecular formula is C17H16BrClN2. The van der Waals surface area contributed by atoms with E-state index in [0.29, 0.717) is 6.04 Å². The molecule has 21 heavy (non-hydrogen) atoms. The monoisotopic (exact) mass is 362 g/mol. The summed E-state index contributed by atoms with van der Waals surface area (Å²) in [4.78, 5) is 3.27. The molecular weight excluding hydrogens is 348 g/mol. The van der Waals surface area contributed by atoms with Crippen LogP contribution in [0.3, 0.4) is 0 Å². The number of hydrogen-bond donors (Lipinski definition) is 2. The lowest BCUT2D eigenvalue weighted by Gasteiger charge is -2.14. The smallest absolute Gasteiger partial charge is 0.0472 e. The predicted molar refractivity (Wildman–Crippen MR) is 92.7 cm³/mol. The Bertz CT molecular complexity index is 749. The van der Waals surface area contributed by atoms with E-state index in [1.165, 1.54) is 16.5 Å². The molecule has 0 radical (unpaired) electrons. The molecule has 108 valence electrons. The second-order valence-corrected chi connectivity index (χ2v) is 6.51. The second-order valence-electron chi connectivity index (χ2n) is 5.16. The number of H-pyrrole nitrogens is 1. The molecule has 1 heterocycles. The van der Waals surface area contributed by atoms with Crippen molar-refractivity contribution in [1.82, 2.24) is 10.3 Å². The van der Waals surface area contributed by atoms with Gasteiger partial charge in [-0.3, -0.25) is 0 Å². The molecule has 1 aromatic heterocycles. The number of aromatic amines is 1. The second kappa shape index (κ2) is 6.22. The van der Waals surface area contributed by atoms with Crippen LogP contribution in [0.25, 0.3) is 10.9 Å². The number of nitrogens with one attached hydrogen (secondary N) is 2. The number of aromatic nitrogens is 1. The van der Waals surface area contributed by atoms with Crippen molar-refractivity contribution in [3.8, 4) is 0 Å². The van der Waals surface area contributed by atoms with Crippen LogP contribution in [0.1, 0.15) is 24.1 Å². The number of benzene rings is 2. The van der Waals surface area contributed by atoms with E-state index in [1.54, 1.807) is 0 Å². The van der Waals surface area contributed by atoms with Crippen LogP contribution >= 0.6 is 27.5 Å². The van der Waals surface area contributed by atoms with E-state index < -0.39 is 0 Å². The summed E-state index contributed by atoms with van der Waals surface area (Å²) in [6.07, 6.45) is 2.04. The highest BCUT2D eigenvalue weighted by Gasteiger charge is 2.08. The molecule has 3 aromatic rings. The van der Waals surface area contributed by atoms with Gasteiger partial charge in [0.25, 0.3) is 0 Å². The summed E-state index contributed by atoms with van der Waals surface area (Å²) in [7, 11) is 0. The third kappa shape index (κ3) is 3.31. The molecule has 2 aromatic carbocycles. The van der Waals surface area contributed by atoms with Gasteiger partial charge >= 0.3 is 0 Å². The minimum absolute atomic E-state index is 0.301. The Hall–Kier alpha value is -1.29. The number of halogens is 2. The van der Waals surface area contributed by atoms with Gasteiger partial charge in [-0.1, -0.05) is 45.7 Å². The minimum atomic E-state index is 0.301. The van der Waals surface area contributed by atoms with Crippen LogP contribution in [0.5, 0.6) is 0 Å². The van der Waals surface area contributed by atoms with Crippen molar-refractivity contribution in [1.29, 1.82) is 0 Å². The zero-order chi connectivity index (χ0) is 14.8. The van der Waals surface area contributed by atoms with E-state index in [4.69, 9.17) is 11.6 Å². The van der Waals surface area contributed by atoms with Crippen molar-refractivity contribution in [2.24, 2.45) is 0 Å². The van der Waals surface area contributed by atoms with Crippen molar-refractivity contribution >= 4 is 38.4 Å². The van der Waals surface area contributed by atoms with E-state index in [2.05, 4.69) is 63.5 Å². The summed E-state index contributed by atoms with van der Waals surface area (Å²) in [6.45, 7) is 2.99. The maximum Gasteiger partial charge on any atom is 0.0472 e. The largest absolute Gasteiger partial charge is 0.361 e. The van der Waals surface area contributed by atoms with Crippen LogP contribution in [-0.4, -0.2) is 4.98 Å². The molecule has 0 saturated heterocycles. The van der Waals surface area contributed by atoms with Crippen LogP contribution in [0.4, 0.5) is 0 Å². The lowest BCUT2D eigenvalue weighted by Crippen LogP contribution is -2.17. The Morgan fingerprint density at radius 3 is 2.71 bits per heavy atom.